The van der Waals surface area contributed by atoms with Gasteiger partial charge in [0.05, 0.1) is 0 Å². The van der Waals surface area contributed by atoms with Crippen LogP contribution in [0.1, 0.15) is 17.3 Å². The third-order valence-electron chi connectivity index (χ3n) is 2.36. The third-order valence-corrected chi connectivity index (χ3v) is 4.45. The summed E-state index contributed by atoms with van der Waals surface area (Å²) in [6, 6.07) is 13.8. The lowest BCUT2D eigenvalue weighted by molar-refractivity contribution is 0.101. The van der Waals surface area contributed by atoms with Gasteiger partial charge < -0.3 is 0 Å². The first-order valence-corrected chi connectivity index (χ1v) is 7.70. The van der Waals surface area contributed by atoms with Gasteiger partial charge in [-0.05, 0) is 49.4 Å². The van der Waals surface area contributed by atoms with Crippen LogP contribution >= 0.6 is 43.6 Å². The number of halogens is 2. The monoisotopic (exact) mass is 384 g/mol. The van der Waals surface area contributed by atoms with Crippen molar-refractivity contribution in [1.29, 1.82) is 0 Å². The molecule has 0 bridgehead atoms. The maximum Gasteiger partial charge on any atom is 0.160 e. The predicted molar refractivity (Wildman–Crippen MR) is 82.4 cm³/mol. The summed E-state index contributed by atoms with van der Waals surface area (Å²) in [5.41, 5.74) is 0.756. The molecule has 0 aliphatic carbocycles. The van der Waals surface area contributed by atoms with Crippen LogP contribution in [0, 0.1) is 0 Å². The minimum absolute atomic E-state index is 0.0853. The highest BCUT2D eigenvalue weighted by atomic mass is 79.9. The number of carbonyl (C=O) groups is 1. The largest absolute Gasteiger partial charge is 0.294 e. The lowest BCUT2D eigenvalue weighted by Crippen LogP contribution is -1.94. The molecular formula is C14H10Br2OS. The van der Waals surface area contributed by atoms with Crippen molar-refractivity contribution in [3.8, 4) is 0 Å². The molecule has 2 rings (SSSR count). The van der Waals surface area contributed by atoms with Gasteiger partial charge in [-0.3, -0.25) is 4.79 Å². The molecule has 0 aliphatic rings. The summed E-state index contributed by atoms with van der Waals surface area (Å²) in [5, 5.41) is 0. The van der Waals surface area contributed by atoms with E-state index in [-0.39, 0.29) is 5.78 Å². The van der Waals surface area contributed by atoms with Gasteiger partial charge in [-0.25, -0.2) is 0 Å². The van der Waals surface area contributed by atoms with E-state index in [0.717, 1.165) is 24.3 Å². The van der Waals surface area contributed by atoms with Crippen LogP contribution < -0.4 is 0 Å². The first kappa shape index (κ1) is 13.8. The molecule has 0 aliphatic heterocycles. The average Bonchev–Trinajstić information content (AvgIpc) is 2.32. The molecule has 4 heteroatoms. The van der Waals surface area contributed by atoms with Crippen LogP contribution in [0.15, 0.2) is 61.2 Å². The molecule has 0 saturated carbocycles. The zero-order valence-electron chi connectivity index (χ0n) is 9.61. The van der Waals surface area contributed by atoms with Crippen LogP contribution in [0.3, 0.4) is 0 Å². The molecule has 0 radical (unpaired) electrons. The second-order valence-corrected chi connectivity index (χ2v) is 6.70. The Hall–Kier alpha value is -0.580. The van der Waals surface area contributed by atoms with Crippen molar-refractivity contribution in [3.63, 3.8) is 0 Å². The van der Waals surface area contributed by atoms with Crippen LogP contribution in [0.4, 0.5) is 0 Å². The summed E-state index contributed by atoms with van der Waals surface area (Å²) in [6.07, 6.45) is 0. The van der Waals surface area contributed by atoms with Crippen molar-refractivity contribution in [2.45, 2.75) is 16.7 Å². The maximum absolute atomic E-state index is 11.6. The van der Waals surface area contributed by atoms with Gasteiger partial charge in [0.1, 0.15) is 0 Å². The number of benzene rings is 2. The van der Waals surface area contributed by atoms with Crippen LogP contribution in [-0.2, 0) is 0 Å². The Labute approximate surface area is 127 Å². The Balaban J connectivity index is 2.35. The molecular weight excluding hydrogens is 376 g/mol. The summed E-state index contributed by atoms with van der Waals surface area (Å²) in [4.78, 5) is 13.7. The van der Waals surface area contributed by atoms with E-state index in [1.54, 1.807) is 18.7 Å². The first-order chi connectivity index (χ1) is 8.56. The number of ketones is 1. The van der Waals surface area contributed by atoms with E-state index in [1.165, 1.54) is 0 Å². The third kappa shape index (κ3) is 3.46. The van der Waals surface area contributed by atoms with Crippen LogP contribution in [0.2, 0.25) is 0 Å². The van der Waals surface area contributed by atoms with Crippen molar-refractivity contribution in [2.75, 3.05) is 0 Å². The Bertz CT molecular complexity index is 579. The fourth-order valence-electron chi connectivity index (χ4n) is 1.50. The quantitative estimate of drug-likeness (QED) is 0.642. The fourth-order valence-corrected chi connectivity index (χ4v) is 3.31. The Morgan fingerprint density at radius 3 is 2.22 bits per heavy atom. The second kappa shape index (κ2) is 6.04. The predicted octanol–water partition coefficient (Wildman–Crippen LogP) is 5.57. The lowest BCUT2D eigenvalue weighted by Gasteiger charge is -2.07. The van der Waals surface area contributed by atoms with Crippen LogP contribution in [0.5, 0.6) is 0 Å². The summed E-state index contributed by atoms with van der Waals surface area (Å²) in [6.45, 7) is 1.59. The first-order valence-electron chi connectivity index (χ1n) is 5.30. The summed E-state index contributed by atoms with van der Waals surface area (Å²) >= 11 is 8.44. The molecule has 0 N–H and O–H groups in total. The molecule has 0 aromatic heterocycles. The fraction of sp³-hybridized carbons (Fsp3) is 0.0714. The average molecular weight is 386 g/mol. The Morgan fingerprint density at radius 2 is 1.61 bits per heavy atom. The van der Waals surface area contributed by atoms with Crippen molar-refractivity contribution in [2.24, 2.45) is 0 Å². The number of rotatable bonds is 3. The van der Waals surface area contributed by atoms with Gasteiger partial charge in [-0.15, -0.1) is 0 Å². The molecule has 0 saturated heterocycles. The SMILES string of the molecule is CC(=O)c1ccc(Br)cc1Sc1ccc(Br)cc1. The van der Waals surface area contributed by atoms with Crippen molar-refractivity contribution in [3.05, 3.63) is 57.0 Å². The van der Waals surface area contributed by atoms with Gasteiger partial charge in [0, 0.05) is 24.3 Å². The molecule has 0 unspecified atom stereocenters. The molecule has 18 heavy (non-hydrogen) atoms. The van der Waals surface area contributed by atoms with E-state index in [9.17, 15) is 4.79 Å². The summed E-state index contributed by atoms with van der Waals surface area (Å²) in [7, 11) is 0. The number of Topliss-reactive ketones (excluding diaryl/α,β-unsaturated/α-hetero) is 1. The lowest BCUT2D eigenvalue weighted by atomic mass is 10.1. The van der Waals surface area contributed by atoms with E-state index in [0.29, 0.717) is 0 Å². The van der Waals surface area contributed by atoms with Crippen molar-refractivity contribution < 1.29 is 4.79 Å². The van der Waals surface area contributed by atoms with Gasteiger partial charge in [-0.1, -0.05) is 43.6 Å². The smallest absolute Gasteiger partial charge is 0.160 e. The van der Waals surface area contributed by atoms with Crippen molar-refractivity contribution >= 4 is 49.4 Å². The number of hydrogen-bond donors (Lipinski definition) is 0. The molecule has 1 nitrogen and oxygen atoms in total. The molecule has 0 atom stereocenters. The highest BCUT2D eigenvalue weighted by Gasteiger charge is 2.09. The van der Waals surface area contributed by atoms with E-state index in [1.807, 2.05) is 42.5 Å². The van der Waals surface area contributed by atoms with Crippen LogP contribution in [0.25, 0.3) is 0 Å². The molecule has 0 spiro atoms. The topological polar surface area (TPSA) is 17.1 Å². The maximum atomic E-state index is 11.6. The van der Waals surface area contributed by atoms with Gasteiger partial charge in [0.2, 0.25) is 0 Å². The molecule has 2 aromatic carbocycles. The zero-order chi connectivity index (χ0) is 13.1. The minimum Gasteiger partial charge on any atom is -0.294 e. The summed E-state index contributed by atoms with van der Waals surface area (Å²) in [5.74, 6) is 0.0853. The highest BCUT2D eigenvalue weighted by molar-refractivity contribution is 9.10. The van der Waals surface area contributed by atoms with Gasteiger partial charge in [0.15, 0.2) is 5.78 Å². The zero-order valence-corrected chi connectivity index (χ0v) is 13.6. The molecule has 2 aromatic rings. The molecule has 92 valence electrons. The molecule has 0 fully saturated rings. The van der Waals surface area contributed by atoms with E-state index < -0.39 is 0 Å². The standard InChI is InChI=1S/C14H10Br2OS/c1-9(17)13-7-4-11(16)8-14(13)18-12-5-2-10(15)3-6-12/h2-8H,1H3. The van der Waals surface area contributed by atoms with Gasteiger partial charge in [-0.2, -0.15) is 0 Å². The van der Waals surface area contributed by atoms with Gasteiger partial charge in [0.25, 0.3) is 0 Å². The molecule has 0 amide bonds. The second-order valence-electron chi connectivity index (χ2n) is 3.75. The summed E-state index contributed by atoms with van der Waals surface area (Å²) < 4.78 is 2.03. The van der Waals surface area contributed by atoms with Crippen molar-refractivity contribution in [1.82, 2.24) is 0 Å². The van der Waals surface area contributed by atoms with E-state index in [2.05, 4.69) is 31.9 Å². The Kier molecular flexibility index (Phi) is 4.65. The van der Waals surface area contributed by atoms with Crippen LogP contribution in [-0.4, -0.2) is 5.78 Å². The minimum atomic E-state index is 0.0853. The highest BCUT2D eigenvalue weighted by Crippen LogP contribution is 2.33. The van der Waals surface area contributed by atoms with E-state index >= 15 is 0 Å². The Morgan fingerprint density at radius 1 is 1.00 bits per heavy atom. The number of carbonyl (C=O) groups excluding carboxylic acids is 1. The number of hydrogen-bond acceptors (Lipinski definition) is 2. The molecule has 0 heterocycles. The normalized spacial score (nSPS) is 10.4. The van der Waals surface area contributed by atoms with E-state index in [4.69, 9.17) is 0 Å². The van der Waals surface area contributed by atoms with Gasteiger partial charge >= 0.3 is 0 Å².